The van der Waals surface area contributed by atoms with Crippen LogP contribution in [0.1, 0.15) is 11.1 Å². The van der Waals surface area contributed by atoms with Crippen LogP contribution in [0.3, 0.4) is 0 Å². The van der Waals surface area contributed by atoms with E-state index in [9.17, 15) is 18.5 Å². The molecule has 0 aliphatic rings. The minimum Gasteiger partial charge on any atom is -0.495 e. The molecule has 0 fully saturated rings. The van der Waals surface area contributed by atoms with Gasteiger partial charge in [-0.25, -0.2) is 8.42 Å². The molecular weight excluding hydrogens is 356 g/mol. The Morgan fingerprint density at radius 3 is 2.50 bits per heavy atom. The number of nitrogens with zero attached hydrogens (tertiary/aromatic N) is 2. The zero-order valence-corrected chi connectivity index (χ0v) is 15.6. The van der Waals surface area contributed by atoms with Crippen LogP contribution in [0.15, 0.2) is 53.9 Å². The second-order valence-electron chi connectivity index (χ2n) is 5.71. The smallest absolute Gasteiger partial charge is 0.273 e. The third kappa shape index (κ3) is 3.70. The highest BCUT2D eigenvalue weighted by Crippen LogP contribution is 2.34. The first kappa shape index (κ1) is 19.5. The number of aryl methyl sites for hydroxylation is 2. The molecule has 0 spiro atoms. The predicted octanol–water partition coefficient (Wildman–Crippen LogP) is 3.60. The number of nitro benzene ring substituents is 1. The summed E-state index contributed by atoms with van der Waals surface area (Å²) in [6.45, 7) is 6.99. The predicted molar refractivity (Wildman–Crippen MR) is 100 cm³/mol. The van der Waals surface area contributed by atoms with Crippen LogP contribution in [0.4, 0.5) is 11.4 Å². The van der Waals surface area contributed by atoms with Gasteiger partial charge in [-0.15, -0.1) is 6.58 Å². The van der Waals surface area contributed by atoms with Gasteiger partial charge in [-0.1, -0.05) is 18.2 Å². The number of anilines is 1. The molecule has 0 saturated carbocycles. The molecular formula is C18H20N2O5S. The van der Waals surface area contributed by atoms with E-state index in [4.69, 9.17) is 4.74 Å². The number of hydrogen-bond donors (Lipinski definition) is 0. The van der Waals surface area contributed by atoms with Gasteiger partial charge in [0.05, 0.1) is 29.2 Å². The van der Waals surface area contributed by atoms with Gasteiger partial charge in [-0.05, 0) is 37.6 Å². The van der Waals surface area contributed by atoms with E-state index in [1.165, 1.54) is 25.3 Å². The van der Waals surface area contributed by atoms with E-state index in [0.717, 1.165) is 15.9 Å². The van der Waals surface area contributed by atoms with Gasteiger partial charge in [-0.2, -0.15) is 0 Å². The summed E-state index contributed by atoms with van der Waals surface area (Å²) in [6.07, 6.45) is 1.45. The Kier molecular flexibility index (Phi) is 5.66. The normalized spacial score (nSPS) is 11.0. The van der Waals surface area contributed by atoms with Crippen LogP contribution in [0, 0.1) is 24.0 Å². The number of hydrogen-bond acceptors (Lipinski definition) is 5. The monoisotopic (exact) mass is 376 g/mol. The Labute approximate surface area is 152 Å². The van der Waals surface area contributed by atoms with Gasteiger partial charge >= 0.3 is 0 Å². The topological polar surface area (TPSA) is 89.8 Å². The maximum Gasteiger partial charge on any atom is 0.273 e. The van der Waals surface area contributed by atoms with Crippen LogP contribution in [0.25, 0.3) is 0 Å². The van der Waals surface area contributed by atoms with Gasteiger partial charge in [0.1, 0.15) is 5.75 Å². The summed E-state index contributed by atoms with van der Waals surface area (Å²) in [5.74, 6) is 0.377. The molecule has 0 aliphatic carbocycles. The highest BCUT2D eigenvalue weighted by Gasteiger charge is 2.28. The van der Waals surface area contributed by atoms with Crippen LogP contribution in [-0.4, -0.2) is 27.0 Å². The first-order chi connectivity index (χ1) is 12.2. The number of rotatable bonds is 7. The fraction of sp³-hybridized carbons (Fsp3) is 0.222. The number of nitro groups is 1. The molecule has 0 radical (unpaired) electrons. The highest BCUT2D eigenvalue weighted by atomic mass is 32.2. The Balaban J connectivity index is 2.67. The summed E-state index contributed by atoms with van der Waals surface area (Å²) >= 11 is 0. The second-order valence-corrected chi connectivity index (χ2v) is 7.57. The lowest BCUT2D eigenvalue weighted by atomic mass is 10.2. The summed E-state index contributed by atoms with van der Waals surface area (Å²) in [7, 11) is -2.61. The van der Waals surface area contributed by atoms with E-state index in [1.807, 2.05) is 6.92 Å². The van der Waals surface area contributed by atoms with Gasteiger partial charge in [0.15, 0.2) is 0 Å². The molecule has 8 heteroatoms. The van der Waals surface area contributed by atoms with Crippen LogP contribution < -0.4 is 9.04 Å². The van der Waals surface area contributed by atoms with Crippen molar-refractivity contribution in [3.05, 3.63) is 70.3 Å². The van der Waals surface area contributed by atoms with E-state index in [-0.39, 0.29) is 17.1 Å². The Morgan fingerprint density at radius 1 is 1.23 bits per heavy atom. The van der Waals surface area contributed by atoms with E-state index in [1.54, 1.807) is 25.1 Å². The van der Waals surface area contributed by atoms with Gasteiger partial charge in [0.25, 0.3) is 15.7 Å². The van der Waals surface area contributed by atoms with Gasteiger partial charge in [0, 0.05) is 11.6 Å². The van der Waals surface area contributed by atoms with Crippen molar-refractivity contribution in [3.63, 3.8) is 0 Å². The molecule has 2 aromatic carbocycles. The average Bonchev–Trinajstić information content (AvgIpc) is 2.59. The minimum atomic E-state index is -4.06. The fourth-order valence-electron chi connectivity index (χ4n) is 2.51. The quantitative estimate of drug-likeness (QED) is 0.418. The molecule has 2 aromatic rings. The van der Waals surface area contributed by atoms with Crippen LogP contribution in [0.5, 0.6) is 5.75 Å². The molecule has 26 heavy (non-hydrogen) atoms. The average molecular weight is 376 g/mol. The van der Waals surface area contributed by atoms with Crippen molar-refractivity contribution in [3.8, 4) is 5.75 Å². The van der Waals surface area contributed by atoms with Crippen LogP contribution in [0.2, 0.25) is 0 Å². The van der Waals surface area contributed by atoms with Crippen molar-refractivity contribution < 1.29 is 18.1 Å². The molecule has 0 aliphatic heterocycles. The largest absolute Gasteiger partial charge is 0.495 e. The van der Waals surface area contributed by atoms with Crippen molar-refractivity contribution in [1.82, 2.24) is 0 Å². The number of sulfonamides is 1. The first-order valence-corrected chi connectivity index (χ1v) is 9.19. The van der Waals surface area contributed by atoms with Crippen molar-refractivity contribution in [1.29, 1.82) is 0 Å². The number of ether oxygens (including phenoxy) is 1. The molecule has 138 valence electrons. The van der Waals surface area contributed by atoms with Crippen LogP contribution >= 0.6 is 0 Å². The third-order valence-electron chi connectivity index (χ3n) is 3.86. The molecule has 0 aromatic heterocycles. The van der Waals surface area contributed by atoms with Gasteiger partial charge < -0.3 is 4.74 Å². The lowest BCUT2D eigenvalue weighted by Crippen LogP contribution is -2.31. The van der Waals surface area contributed by atoms with Crippen molar-refractivity contribution >= 4 is 21.4 Å². The van der Waals surface area contributed by atoms with Crippen molar-refractivity contribution in [2.24, 2.45) is 0 Å². The maximum absolute atomic E-state index is 13.2. The maximum atomic E-state index is 13.2. The number of methoxy groups -OCH3 is 1. The number of benzene rings is 2. The molecule has 0 unspecified atom stereocenters. The molecule has 0 bridgehead atoms. The summed E-state index contributed by atoms with van der Waals surface area (Å²) in [5.41, 5.74) is 1.33. The molecule has 0 saturated heterocycles. The first-order valence-electron chi connectivity index (χ1n) is 7.75. The summed E-state index contributed by atoms with van der Waals surface area (Å²) in [5, 5.41) is 11.2. The molecule has 0 atom stereocenters. The summed E-state index contributed by atoms with van der Waals surface area (Å²) in [6, 6.07) is 9.01. The summed E-state index contributed by atoms with van der Waals surface area (Å²) < 4.78 is 32.8. The van der Waals surface area contributed by atoms with Crippen molar-refractivity contribution in [2.45, 2.75) is 18.7 Å². The van der Waals surface area contributed by atoms with Gasteiger partial charge in [-0.3, -0.25) is 14.4 Å². The molecule has 7 nitrogen and oxygen atoms in total. The Morgan fingerprint density at radius 2 is 1.92 bits per heavy atom. The van der Waals surface area contributed by atoms with E-state index in [0.29, 0.717) is 17.0 Å². The molecule has 0 heterocycles. The lowest BCUT2D eigenvalue weighted by molar-refractivity contribution is -0.385. The Bertz CT molecular complexity index is 954. The second kappa shape index (κ2) is 7.57. The molecule has 0 amide bonds. The van der Waals surface area contributed by atoms with Crippen molar-refractivity contribution in [2.75, 3.05) is 18.0 Å². The molecule has 0 N–H and O–H groups in total. The standard InChI is InChI=1S/C18H20N2O5S/c1-5-10-19(17-11-13(2)6-9-18(17)25-4)26(23,24)15-8-7-14(3)16(12-15)20(21)22/h5-9,11-12H,1,10H2,2-4H3. The lowest BCUT2D eigenvalue weighted by Gasteiger charge is -2.25. The van der Waals surface area contributed by atoms with Gasteiger partial charge in [0.2, 0.25) is 0 Å². The van der Waals surface area contributed by atoms with E-state index < -0.39 is 14.9 Å². The van der Waals surface area contributed by atoms with E-state index >= 15 is 0 Å². The van der Waals surface area contributed by atoms with Crippen LogP contribution in [-0.2, 0) is 10.0 Å². The summed E-state index contributed by atoms with van der Waals surface area (Å²) in [4.78, 5) is 10.4. The Hall–Kier alpha value is -2.87. The SMILES string of the molecule is C=CCN(c1cc(C)ccc1OC)S(=O)(=O)c1ccc(C)c([N+](=O)[O-])c1. The zero-order valence-electron chi connectivity index (χ0n) is 14.8. The highest BCUT2D eigenvalue weighted by molar-refractivity contribution is 7.92. The third-order valence-corrected chi connectivity index (χ3v) is 5.64. The molecule has 2 rings (SSSR count). The zero-order chi connectivity index (χ0) is 19.5. The van der Waals surface area contributed by atoms with E-state index in [2.05, 4.69) is 6.58 Å². The fourth-order valence-corrected chi connectivity index (χ4v) is 3.97. The minimum absolute atomic E-state index is 0.0101.